The Morgan fingerprint density at radius 1 is 1.03 bits per heavy atom. The number of aryl methyl sites for hydroxylation is 1. The van der Waals surface area contributed by atoms with Gasteiger partial charge in [0.1, 0.15) is 6.61 Å². The highest BCUT2D eigenvalue weighted by molar-refractivity contribution is 9.09. The number of hydrogen-bond acceptors (Lipinski definition) is 2. The summed E-state index contributed by atoms with van der Waals surface area (Å²) in [6.07, 6.45) is 11.4. The molecule has 1 aliphatic heterocycles. The zero-order chi connectivity index (χ0) is 20.1. The minimum absolute atomic E-state index is 0.283. The summed E-state index contributed by atoms with van der Waals surface area (Å²) in [6.45, 7) is 2.87. The van der Waals surface area contributed by atoms with Gasteiger partial charge in [-0.05, 0) is 71.0 Å². The first kappa shape index (κ1) is 20.2. The lowest BCUT2D eigenvalue weighted by Crippen LogP contribution is -2.27. The zero-order valence-corrected chi connectivity index (χ0v) is 18.4. The lowest BCUT2D eigenvalue weighted by molar-refractivity contribution is 0.00398. The second-order valence-corrected chi connectivity index (χ2v) is 8.29. The fourth-order valence-corrected chi connectivity index (χ4v) is 4.31. The van der Waals surface area contributed by atoms with Crippen molar-refractivity contribution >= 4 is 37.5 Å². The predicted molar refractivity (Wildman–Crippen MR) is 126 cm³/mol. The molecule has 150 valence electrons. The molecule has 0 N–H and O–H groups in total. The van der Waals surface area contributed by atoms with Crippen LogP contribution in [-0.2, 0) is 22.3 Å². The Morgan fingerprint density at radius 3 is 2.62 bits per heavy atom. The molecule has 2 atom stereocenters. The SMILES string of the molecule is C1=CCOC=C1.CC(CBr)OC1CCc2c(ccc3c2ccc2ccccc23)C1. The van der Waals surface area contributed by atoms with E-state index in [0.717, 1.165) is 31.2 Å². The lowest BCUT2D eigenvalue weighted by atomic mass is 9.85. The van der Waals surface area contributed by atoms with Crippen LogP contribution in [0.25, 0.3) is 21.5 Å². The van der Waals surface area contributed by atoms with Crippen molar-refractivity contribution in [3.8, 4) is 0 Å². The normalized spacial score (nSPS) is 18.6. The van der Waals surface area contributed by atoms with Gasteiger partial charge in [-0.1, -0.05) is 70.5 Å². The van der Waals surface area contributed by atoms with Crippen molar-refractivity contribution in [3.63, 3.8) is 0 Å². The van der Waals surface area contributed by atoms with Crippen LogP contribution in [0.4, 0.5) is 0 Å². The van der Waals surface area contributed by atoms with Crippen LogP contribution in [0.15, 0.2) is 73.0 Å². The van der Waals surface area contributed by atoms with Crippen LogP contribution < -0.4 is 0 Å². The third-order valence-electron chi connectivity index (χ3n) is 5.56. The van der Waals surface area contributed by atoms with Gasteiger partial charge >= 0.3 is 0 Å². The van der Waals surface area contributed by atoms with Gasteiger partial charge in [0, 0.05) is 5.33 Å². The van der Waals surface area contributed by atoms with E-state index in [1.165, 1.54) is 32.7 Å². The van der Waals surface area contributed by atoms with Crippen LogP contribution in [0.1, 0.15) is 24.5 Å². The van der Waals surface area contributed by atoms with Gasteiger partial charge in [-0.3, -0.25) is 0 Å². The molecule has 0 saturated heterocycles. The van der Waals surface area contributed by atoms with E-state index in [9.17, 15) is 0 Å². The Hall–Kier alpha value is -2.10. The summed E-state index contributed by atoms with van der Waals surface area (Å²) in [4.78, 5) is 0. The maximum atomic E-state index is 6.13. The summed E-state index contributed by atoms with van der Waals surface area (Å²) in [6, 6.07) is 17.8. The van der Waals surface area contributed by atoms with Crippen molar-refractivity contribution in [2.24, 2.45) is 0 Å². The summed E-state index contributed by atoms with van der Waals surface area (Å²) in [5.41, 5.74) is 2.99. The third kappa shape index (κ3) is 4.73. The molecular weight excluding hydrogens is 424 g/mol. The standard InChI is InChI=1S/C21H21BrO.C5H6O/c1-14(13-22)23-17-8-11-19-16(12-17)7-10-20-18-5-3-2-4-15(18)6-9-21(19)20;1-2-4-6-5-3-1/h2-7,9-10,14,17H,8,11-13H2,1H3;1-4H,5H2. The van der Waals surface area contributed by atoms with E-state index in [-0.39, 0.29) is 6.10 Å². The van der Waals surface area contributed by atoms with Crippen LogP contribution in [0.2, 0.25) is 0 Å². The molecule has 0 bridgehead atoms. The molecule has 2 aliphatic rings. The molecule has 1 heterocycles. The highest BCUT2D eigenvalue weighted by Crippen LogP contribution is 2.34. The van der Waals surface area contributed by atoms with E-state index in [4.69, 9.17) is 9.47 Å². The molecule has 2 unspecified atom stereocenters. The molecule has 0 aromatic heterocycles. The number of fused-ring (bicyclic) bond motifs is 5. The van der Waals surface area contributed by atoms with Gasteiger partial charge in [-0.15, -0.1) is 0 Å². The molecule has 3 aromatic rings. The Kier molecular flexibility index (Phi) is 6.68. The Bertz CT molecular complexity index is 1030. The van der Waals surface area contributed by atoms with Crippen molar-refractivity contribution in [2.45, 2.75) is 38.4 Å². The first-order valence-electron chi connectivity index (χ1n) is 10.3. The Labute approximate surface area is 181 Å². The third-order valence-corrected chi connectivity index (χ3v) is 6.47. The molecule has 0 amide bonds. The minimum atomic E-state index is 0.283. The monoisotopic (exact) mass is 450 g/mol. The summed E-state index contributed by atoms with van der Waals surface area (Å²) in [7, 11) is 0. The van der Waals surface area contributed by atoms with Crippen molar-refractivity contribution in [3.05, 3.63) is 84.1 Å². The first-order valence-corrected chi connectivity index (χ1v) is 11.5. The molecular formula is C26H27BrO2. The average molecular weight is 451 g/mol. The van der Waals surface area contributed by atoms with Gasteiger partial charge in [0.05, 0.1) is 18.5 Å². The van der Waals surface area contributed by atoms with Crippen molar-refractivity contribution in [2.75, 3.05) is 11.9 Å². The largest absolute Gasteiger partial charge is 0.497 e. The molecule has 5 rings (SSSR count). The quantitative estimate of drug-likeness (QED) is 0.325. The lowest BCUT2D eigenvalue weighted by Gasteiger charge is -2.28. The maximum Gasteiger partial charge on any atom is 0.106 e. The van der Waals surface area contributed by atoms with E-state index in [1.54, 1.807) is 6.26 Å². The Balaban J connectivity index is 0.000000294. The topological polar surface area (TPSA) is 18.5 Å². The van der Waals surface area contributed by atoms with Crippen LogP contribution in [0.3, 0.4) is 0 Å². The smallest absolute Gasteiger partial charge is 0.106 e. The molecule has 0 fully saturated rings. The van der Waals surface area contributed by atoms with Gasteiger partial charge in [0.15, 0.2) is 0 Å². The average Bonchev–Trinajstić information content (AvgIpc) is 2.80. The molecule has 0 radical (unpaired) electrons. The number of rotatable bonds is 3. The number of ether oxygens (including phenoxy) is 2. The first-order chi connectivity index (χ1) is 14.3. The zero-order valence-electron chi connectivity index (χ0n) is 16.8. The molecule has 29 heavy (non-hydrogen) atoms. The molecule has 2 nitrogen and oxygen atoms in total. The summed E-state index contributed by atoms with van der Waals surface area (Å²) >= 11 is 3.50. The molecule has 3 aromatic carbocycles. The molecule has 3 heteroatoms. The van der Waals surface area contributed by atoms with Crippen molar-refractivity contribution in [1.82, 2.24) is 0 Å². The number of hydrogen-bond donors (Lipinski definition) is 0. The van der Waals surface area contributed by atoms with Crippen molar-refractivity contribution < 1.29 is 9.47 Å². The Morgan fingerprint density at radius 2 is 1.90 bits per heavy atom. The predicted octanol–water partition coefficient (Wildman–Crippen LogP) is 6.74. The van der Waals surface area contributed by atoms with E-state index < -0.39 is 0 Å². The van der Waals surface area contributed by atoms with Crippen LogP contribution >= 0.6 is 15.9 Å². The van der Waals surface area contributed by atoms with E-state index in [0.29, 0.717) is 6.10 Å². The highest BCUT2D eigenvalue weighted by Gasteiger charge is 2.22. The summed E-state index contributed by atoms with van der Waals surface area (Å²) < 4.78 is 10.9. The van der Waals surface area contributed by atoms with Gasteiger partial charge in [0.2, 0.25) is 0 Å². The van der Waals surface area contributed by atoms with Crippen LogP contribution in [0, 0.1) is 0 Å². The van der Waals surface area contributed by atoms with Gasteiger partial charge in [0.25, 0.3) is 0 Å². The molecule has 0 saturated carbocycles. The van der Waals surface area contributed by atoms with Gasteiger partial charge < -0.3 is 9.47 Å². The minimum Gasteiger partial charge on any atom is -0.497 e. The summed E-state index contributed by atoms with van der Waals surface area (Å²) in [5, 5.41) is 6.39. The summed E-state index contributed by atoms with van der Waals surface area (Å²) in [5.74, 6) is 0. The van der Waals surface area contributed by atoms with Crippen LogP contribution in [0.5, 0.6) is 0 Å². The van der Waals surface area contributed by atoms with Gasteiger partial charge in [-0.25, -0.2) is 0 Å². The van der Waals surface area contributed by atoms with Crippen molar-refractivity contribution in [1.29, 1.82) is 0 Å². The molecule has 1 aliphatic carbocycles. The number of alkyl halides is 1. The second kappa shape index (κ2) is 9.60. The molecule has 0 spiro atoms. The van der Waals surface area contributed by atoms with E-state index in [2.05, 4.69) is 71.4 Å². The van der Waals surface area contributed by atoms with E-state index in [1.807, 2.05) is 18.2 Å². The highest BCUT2D eigenvalue weighted by atomic mass is 79.9. The fourth-order valence-electron chi connectivity index (χ4n) is 4.16. The number of halogens is 1. The number of allylic oxidation sites excluding steroid dienone is 2. The van der Waals surface area contributed by atoms with Gasteiger partial charge in [-0.2, -0.15) is 0 Å². The van der Waals surface area contributed by atoms with E-state index >= 15 is 0 Å². The second-order valence-electron chi connectivity index (χ2n) is 7.64. The number of benzene rings is 3. The fraction of sp³-hybridized carbons (Fsp3) is 0.308. The maximum absolute atomic E-state index is 6.13. The van der Waals surface area contributed by atoms with Crippen LogP contribution in [-0.4, -0.2) is 24.1 Å².